The SMILES string of the molecule is Nc1c(Cl)ccc(S(=O)(=O)N2CCOCC2)c1Cl. The molecule has 1 heterocycles. The lowest BCUT2D eigenvalue weighted by Gasteiger charge is -2.26. The molecular weight excluding hydrogens is 299 g/mol. The Balaban J connectivity index is 2.44. The lowest BCUT2D eigenvalue weighted by Crippen LogP contribution is -2.40. The number of morpholine rings is 1. The van der Waals surface area contributed by atoms with Crippen LogP contribution in [0.15, 0.2) is 17.0 Å². The van der Waals surface area contributed by atoms with Crippen LogP contribution in [0.2, 0.25) is 10.0 Å². The number of nitrogen functional groups attached to an aromatic ring is 1. The van der Waals surface area contributed by atoms with Gasteiger partial charge in [-0.3, -0.25) is 0 Å². The number of anilines is 1. The molecule has 1 aromatic rings. The van der Waals surface area contributed by atoms with Gasteiger partial charge in [-0.1, -0.05) is 23.2 Å². The summed E-state index contributed by atoms with van der Waals surface area (Å²) in [5, 5.41) is 0.204. The van der Waals surface area contributed by atoms with Crippen molar-refractivity contribution in [3.8, 4) is 0 Å². The Morgan fingerprint density at radius 3 is 2.44 bits per heavy atom. The standard InChI is InChI=1S/C10H12Cl2N2O3S/c11-7-1-2-8(9(12)10(7)13)18(15,16)14-3-5-17-6-4-14/h1-2H,3-6,13H2. The third kappa shape index (κ3) is 2.44. The second-order valence-electron chi connectivity index (χ2n) is 3.79. The van der Waals surface area contributed by atoms with E-state index in [0.717, 1.165) is 0 Å². The highest BCUT2D eigenvalue weighted by molar-refractivity contribution is 7.89. The van der Waals surface area contributed by atoms with E-state index in [9.17, 15) is 8.42 Å². The van der Waals surface area contributed by atoms with E-state index in [1.54, 1.807) is 0 Å². The lowest BCUT2D eigenvalue weighted by molar-refractivity contribution is 0.0730. The quantitative estimate of drug-likeness (QED) is 0.842. The Hall–Kier alpha value is -0.530. The maximum Gasteiger partial charge on any atom is 0.244 e. The Morgan fingerprint density at radius 2 is 1.83 bits per heavy atom. The number of ether oxygens (including phenoxy) is 1. The van der Waals surface area contributed by atoms with E-state index in [1.165, 1.54) is 16.4 Å². The van der Waals surface area contributed by atoms with E-state index in [4.69, 9.17) is 33.7 Å². The van der Waals surface area contributed by atoms with Crippen LogP contribution in [-0.4, -0.2) is 39.0 Å². The zero-order chi connectivity index (χ0) is 13.3. The van der Waals surface area contributed by atoms with Crippen LogP contribution in [-0.2, 0) is 14.8 Å². The number of nitrogens with zero attached hydrogens (tertiary/aromatic N) is 1. The van der Waals surface area contributed by atoms with Gasteiger partial charge < -0.3 is 10.5 Å². The summed E-state index contributed by atoms with van der Waals surface area (Å²) in [6, 6.07) is 2.79. The first-order valence-corrected chi connectivity index (χ1v) is 7.45. The van der Waals surface area contributed by atoms with Crippen molar-refractivity contribution < 1.29 is 13.2 Å². The molecule has 0 bridgehead atoms. The molecule has 0 amide bonds. The van der Waals surface area contributed by atoms with Crippen molar-refractivity contribution in [1.29, 1.82) is 0 Å². The summed E-state index contributed by atoms with van der Waals surface area (Å²) in [5.41, 5.74) is 5.71. The van der Waals surface area contributed by atoms with Crippen molar-refractivity contribution in [2.75, 3.05) is 32.0 Å². The third-order valence-corrected chi connectivity index (χ3v) is 5.47. The molecule has 0 spiro atoms. The molecule has 2 N–H and O–H groups in total. The van der Waals surface area contributed by atoms with Gasteiger partial charge in [0.1, 0.15) is 4.90 Å². The van der Waals surface area contributed by atoms with Crippen LogP contribution in [0.1, 0.15) is 0 Å². The number of sulfonamides is 1. The first kappa shape index (κ1) is 13.9. The third-order valence-electron chi connectivity index (χ3n) is 2.68. The van der Waals surface area contributed by atoms with Crippen molar-refractivity contribution in [2.24, 2.45) is 0 Å². The molecule has 100 valence electrons. The summed E-state index contributed by atoms with van der Waals surface area (Å²) in [5.74, 6) is 0. The second-order valence-corrected chi connectivity index (χ2v) is 6.48. The van der Waals surface area contributed by atoms with Gasteiger partial charge in [0.15, 0.2) is 0 Å². The average molecular weight is 311 g/mol. The fraction of sp³-hybridized carbons (Fsp3) is 0.400. The Bertz CT molecular complexity index is 556. The van der Waals surface area contributed by atoms with E-state index in [0.29, 0.717) is 26.3 Å². The molecule has 0 radical (unpaired) electrons. The number of rotatable bonds is 2. The van der Waals surface area contributed by atoms with E-state index < -0.39 is 10.0 Å². The van der Waals surface area contributed by atoms with E-state index in [1.807, 2.05) is 0 Å². The Morgan fingerprint density at radius 1 is 1.22 bits per heavy atom. The van der Waals surface area contributed by atoms with Crippen molar-refractivity contribution >= 4 is 38.9 Å². The van der Waals surface area contributed by atoms with Crippen molar-refractivity contribution in [3.63, 3.8) is 0 Å². The van der Waals surface area contributed by atoms with Crippen LogP contribution >= 0.6 is 23.2 Å². The fourth-order valence-electron chi connectivity index (χ4n) is 1.67. The molecule has 0 saturated carbocycles. The highest BCUT2D eigenvalue weighted by atomic mass is 35.5. The van der Waals surface area contributed by atoms with Gasteiger partial charge in [0, 0.05) is 13.1 Å². The number of benzene rings is 1. The molecule has 1 saturated heterocycles. The molecule has 0 atom stereocenters. The monoisotopic (exact) mass is 310 g/mol. The van der Waals surface area contributed by atoms with Crippen LogP contribution in [0.5, 0.6) is 0 Å². The minimum Gasteiger partial charge on any atom is -0.396 e. The number of hydrogen-bond donors (Lipinski definition) is 1. The molecular formula is C10H12Cl2N2O3S. The summed E-state index contributed by atoms with van der Waals surface area (Å²) < 4.78 is 31.2. The van der Waals surface area contributed by atoms with E-state index >= 15 is 0 Å². The van der Waals surface area contributed by atoms with E-state index in [2.05, 4.69) is 0 Å². The summed E-state index contributed by atoms with van der Waals surface area (Å²) in [6.45, 7) is 1.36. The van der Waals surface area contributed by atoms with Gasteiger partial charge in [-0.25, -0.2) is 8.42 Å². The van der Waals surface area contributed by atoms with Crippen LogP contribution in [0.4, 0.5) is 5.69 Å². The highest BCUT2D eigenvalue weighted by Crippen LogP contribution is 2.34. The lowest BCUT2D eigenvalue weighted by atomic mass is 10.3. The van der Waals surface area contributed by atoms with Gasteiger partial charge in [-0.2, -0.15) is 4.31 Å². The minimum absolute atomic E-state index is 0.0204. The molecule has 18 heavy (non-hydrogen) atoms. The molecule has 2 rings (SSSR count). The number of nitrogens with two attached hydrogens (primary N) is 1. The first-order valence-electron chi connectivity index (χ1n) is 5.26. The molecule has 1 aliphatic heterocycles. The topological polar surface area (TPSA) is 72.6 Å². The van der Waals surface area contributed by atoms with Gasteiger partial charge in [0.25, 0.3) is 0 Å². The normalized spacial score (nSPS) is 17.9. The molecule has 5 nitrogen and oxygen atoms in total. The van der Waals surface area contributed by atoms with E-state index in [-0.39, 0.29) is 20.6 Å². The van der Waals surface area contributed by atoms with Gasteiger partial charge in [-0.15, -0.1) is 0 Å². The molecule has 1 fully saturated rings. The molecule has 0 aliphatic carbocycles. The zero-order valence-corrected chi connectivity index (χ0v) is 11.7. The first-order chi connectivity index (χ1) is 8.44. The maximum absolute atomic E-state index is 12.4. The average Bonchev–Trinajstić information content (AvgIpc) is 2.37. The van der Waals surface area contributed by atoms with Crippen LogP contribution in [0.25, 0.3) is 0 Å². The van der Waals surface area contributed by atoms with Crippen LogP contribution in [0.3, 0.4) is 0 Å². The number of hydrogen-bond acceptors (Lipinski definition) is 4. The van der Waals surface area contributed by atoms with Crippen LogP contribution in [0, 0.1) is 0 Å². The van der Waals surface area contributed by atoms with Gasteiger partial charge >= 0.3 is 0 Å². The maximum atomic E-state index is 12.4. The number of halogens is 2. The Kier molecular flexibility index (Phi) is 4.03. The molecule has 0 unspecified atom stereocenters. The highest BCUT2D eigenvalue weighted by Gasteiger charge is 2.29. The van der Waals surface area contributed by atoms with Gasteiger partial charge in [-0.05, 0) is 12.1 Å². The second kappa shape index (κ2) is 5.22. The summed E-state index contributed by atoms with van der Waals surface area (Å²) >= 11 is 11.7. The smallest absolute Gasteiger partial charge is 0.244 e. The molecule has 1 aliphatic rings. The minimum atomic E-state index is -3.65. The predicted octanol–water partition coefficient (Wildman–Crippen LogP) is 1.60. The summed E-state index contributed by atoms with van der Waals surface area (Å²) in [4.78, 5) is -0.0204. The van der Waals surface area contributed by atoms with Crippen molar-refractivity contribution in [1.82, 2.24) is 4.31 Å². The summed E-state index contributed by atoms with van der Waals surface area (Å²) in [6.07, 6.45) is 0. The zero-order valence-electron chi connectivity index (χ0n) is 9.40. The van der Waals surface area contributed by atoms with Gasteiger partial charge in [0.05, 0.1) is 28.9 Å². The van der Waals surface area contributed by atoms with Crippen molar-refractivity contribution in [2.45, 2.75) is 4.90 Å². The molecule has 1 aromatic carbocycles. The Labute approximate surface area is 115 Å². The summed E-state index contributed by atoms with van der Waals surface area (Å²) in [7, 11) is -3.65. The molecule has 0 aromatic heterocycles. The van der Waals surface area contributed by atoms with Crippen molar-refractivity contribution in [3.05, 3.63) is 22.2 Å². The fourth-order valence-corrected chi connectivity index (χ4v) is 3.82. The predicted molar refractivity (Wildman–Crippen MR) is 70.5 cm³/mol. The molecule has 8 heteroatoms. The van der Waals surface area contributed by atoms with Crippen LogP contribution < -0.4 is 5.73 Å². The largest absolute Gasteiger partial charge is 0.396 e. The van der Waals surface area contributed by atoms with Gasteiger partial charge in [0.2, 0.25) is 10.0 Å².